The number of benzene rings is 1. The number of aromatic nitrogens is 8. The van der Waals surface area contributed by atoms with Gasteiger partial charge in [-0.3, -0.25) is 9.25 Å². The average molecular weight is 526 g/mol. The summed E-state index contributed by atoms with van der Waals surface area (Å²) in [7, 11) is 1.91. The zero-order valence-electron chi connectivity index (χ0n) is 22.2. The molecule has 11 heteroatoms. The highest BCUT2D eigenvalue weighted by Crippen LogP contribution is 2.36. The Balaban J connectivity index is 1.43. The first-order chi connectivity index (χ1) is 19.1. The van der Waals surface area contributed by atoms with Gasteiger partial charge in [0.25, 0.3) is 5.95 Å². The first-order valence-corrected chi connectivity index (χ1v) is 13.5. The first kappa shape index (κ1) is 24.0. The van der Waals surface area contributed by atoms with Crippen LogP contribution < -0.4 is 4.90 Å². The lowest BCUT2D eigenvalue weighted by Gasteiger charge is -2.28. The van der Waals surface area contributed by atoms with Crippen molar-refractivity contribution in [3.05, 3.63) is 54.5 Å². The van der Waals surface area contributed by atoms with E-state index >= 15 is 0 Å². The highest BCUT2D eigenvalue weighted by Gasteiger charge is 2.29. The summed E-state index contributed by atoms with van der Waals surface area (Å²) in [5.41, 5.74) is 5.52. The number of aryl methyl sites for hydroxylation is 2. The maximum absolute atomic E-state index is 6.28. The Morgan fingerprint density at radius 3 is 2.64 bits per heavy atom. The molecule has 5 aromatic rings. The molecule has 4 aromatic heterocycles. The largest absolute Gasteiger partial charge is 0.378 e. The molecule has 200 valence electrons. The summed E-state index contributed by atoms with van der Waals surface area (Å²) in [6.45, 7) is 5.54. The molecule has 0 radical (unpaired) electrons. The van der Waals surface area contributed by atoms with Gasteiger partial charge in [-0.2, -0.15) is 20.2 Å². The maximum atomic E-state index is 6.28. The summed E-state index contributed by atoms with van der Waals surface area (Å²) in [6, 6.07) is 10.3. The number of hydrogen-bond acceptors (Lipinski definition) is 8. The number of fused-ring (bicyclic) bond motifs is 1. The van der Waals surface area contributed by atoms with Crippen molar-refractivity contribution in [3.8, 4) is 28.6 Å². The monoisotopic (exact) mass is 525 g/mol. The van der Waals surface area contributed by atoms with Crippen LogP contribution in [0.3, 0.4) is 0 Å². The van der Waals surface area contributed by atoms with Crippen LogP contribution in [0.4, 0.5) is 5.82 Å². The Bertz CT molecular complexity index is 1620. The predicted molar refractivity (Wildman–Crippen MR) is 147 cm³/mol. The zero-order valence-corrected chi connectivity index (χ0v) is 22.2. The molecule has 2 fully saturated rings. The molecule has 1 atom stereocenters. The van der Waals surface area contributed by atoms with Gasteiger partial charge < -0.3 is 14.4 Å². The van der Waals surface area contributed by atoms with Gasteiger partial charge in [0.05, 0.1) is 30.7 Å². The Labute approximate surface area is 226 Å². The normalized spacial score (nSPS) is 18.2. The third-order valence-corrected chi connectivity index (χ3v) is 7.33. The van der Waals surface area contributed by atoms with Crippen molar-refractivity contribution in [3.63, 3.8) is 0 Å². The zero-order chi connectivity index (χ0) is 26.3. The third-order valence-electron chi connectivity index (χ3n) is 7.33. The quantitative estimate of drug-likeness (QED) is 0.340. The van der Waals surface area contributed by atoms with Crippen molar-refractivity contribution < 1.29 is 9.47 Å². The molecule has 0 N–H and O–H groups in total. The first-order valence-electron chi connectivity index (χ1n) is 13.5. The molecule has 1 unspecified atom stereocenters. The lowest BCUT2D eigenvalue weighted by atomic mass is 10.1. The molecule has 0 spiro atoms. The van der Waals surface area contributed by atoms with E-state index in [1.54, 1.807) is 9.36 Å². The summed E-state index contributed by atoms with van der Waals surface area (Å²) in [6.07, 6.45) is 8.60. The number of morpholine rings is 1. The van der Waals surface area contributed by atoms with Gasteiger partial charge >= 0.3 is 0 Å². The molecule has 0 saturated carbocycles. The van der Waals surface area contributed by atoms with E-state index in [9.17, 15) is 0 Å². The van der Waals surface area contributed by atoms with E-state index < -0.39 is 0 Å². The second kappa shape index (κ2) is 9.90. The fourth-order valence-corrected chi connectivity index (χ4v) is 5.38. The van der Waals surface area contributed by atoms with Crippen LogP contribution in [-0.2, 0) is 16.5 Å². The molecule has 11 nitrogen and oxygen atoms in total. The number of nitrogens with zero attached hydrogens (tertiary/aromatic N) is 9. The molecule has 7 rings (SSSR count). The van der Waals surface area contributed by atoms with Crippen LogP contribution in [0.2, 0.25) is 0 Å². The van der Waals surface area contributed by atoms with E-state index in [1.807, 2.05) is 37.8 Å². The van der Waals surface area contributed by atoms with E-state index in [-0.39, 0.29) is 6.23 Å². The molecule has 39 heavy (non-hydrogen) atoms. The average Bonchev–Trinajstić information content (AvgIpc) is 3.72. The molecular formula is C28H31N9O2. The van der Waals surface area contributed by atoms with Gasteiger partial charge in [0, 0.05) is 44.7 Å². The molecule has 6 heterocycles. The van der Waals surface area contributed by atoms with E-state index in [0.717, 1.165) is 72.0 Å². The van der Waals surface area contributed by atoms with E-state index in [0.29, 0.717) is 25.8 Å². The van der Waals surface area contributed by atoms with Crippen molar-refractivity contribution >= 4 is 17.0 Å². The number of rotatable bonds is 5. The van der Waals surface area contributed by atoms with Crippen LogP contribution in [0.25, 0.3) is 39.8 Å². The number of anilines is 1. The van der Waals surface area contributed by atoms with Gasteiger partial charge in [0.1, 0.15) is 12.1 Å². The highest BCUT2D eigenvalue weighted by molar-refractivity contribution is 5.88. The van der Waals surface area contributed by atoms with Crippen LogP contribution in [0.1, 0.15) is 31.1 Å². The molecular weight excluding hydrogens is 494 g/mol. The van der Waals surface area contributed by atoms with Crippen molar-refractivity contribution in [2.45, 2.75) is 32.4 Å². The summed E-state index contributed by atoms with van der Waals surface area (Å²) >= 11 is 0. The number of ether oxygens (including phenoxy) is 2. The summed E-state index contributed by atoms with van der Waals surface area (Å²) in [5.74, 6) is 2.06. The maximum Gasteiger partial charge on any atom is 0.254 e. The van der Waals surface area contributed by atoms with Gasteiger partial charge in [-0.1, -0.05) is 23.8 Å². The fraction of sp³-hybridized carbons (Fsp3) is 0.393. The minimum atomic E-state index is -0.167. The fourth-order valence-electron chi connectivity index (χ4n) is 5.38. The lowest BCUT2D eigenvalue weighted by molar-refractivity contribution is -0.0287. The van der Waals surface area contributed by atoms with Crippen molar-refractivity contribution in [2.75, 3.05) is 37.8 Å². The summed E-state index contributed by atoms with van der Waals surface area (Å²) in [5, 5.41) is 9.28. The van der Waals surface area contributed by atoms with Crippen LogP contribution >= 0.6 is 0 Å². The summed E-state index contributed by atoms with van der Waals surface area (Å²) < 4.78 is 17.6. The third kappa shape index (κ3) is 4.47. The molecule has 2 aliphatic heterocycles. The van der Waals surface area contributed by atoms with Crippen molar-refractivity contribution in [1.29, 1.82) is 0 Å². The summed E-state index contributed by atoms with van der Waals surface area (Å²) in [4.78, 5) is 17.5. The molecule has 0 amide bonds. The Morgan fingerprint density at radius 2 is 1.87 bits per heavy atom. The Hall–Kier alpha value is -4.09. The SMILES string of the molecule is Cc1cccc(-c2ccn(-c3nc(N4CCOCC4)c4nc(-c5cnn(C)c5)n(C5CCCCO5)c4n3)n2)c1. The topological polar surface area (TPSA) is 101 Å². The van der Waals surface area contributed by atoms with E-state index in [4.69, 9.17) is 29.5 Å². The standard InChI is InChI=1S/C28H31N9O2/c1-19-6-5-7-20(16-19)22-9-10-36(33-22)28-31-26(35-11-14-38-15-12-35)24-27(32-28)37(23-8-3-4-13-39-23)25(30-24)21-17-29-34(2)18-21/h5-7,9-10,16-18,23H,3-4,8,11-15H2,1-2H3. The molecule has 2 aliphatic rings. The van der Waals surface area contributed by atoms with Gasteiger partial charge in [-0.25, -0.2) is 9.67 Å². The van der Waals surface area contributed by atoms with Crippen LogP contribution in [0.5, 0.6) is 0 Å². The van der Waals surface area contributed by atoms with Crippen LogP contribution in [0, 0.1) is 6.92 Å². The van der Waals surface area contributed by atoms with Crippen LogP contribution in [-0.4, -0.2) is 72.0 Å². The van der Waals surface area contributed by atoms with Crippen molar-refractivity contribution in [1.82, 2.24) is 39.1 Å². The Kier molecular flexibility index (Phi) is 6.09. The molecule has 0 aliphatic carbocycles. The lowest BCUT2D eigenvalue weighted by Crippen LogP contribution is -2.37. The molecule has 0 bridgehead atoms. The highest BCUT2D eigenvalue weighted by atomic mass is 16.5. The number of hydrogen-bond donors (Lipinski definition) is 0. The minimum absolute atomic E-state index is 0.167. The van der Waals surface area contributed by atoms with E-state index in [1.165, 1.54) is 5.56 Å². The predicted octanol–water partition coefficient (Wildman–Crippen LogP) is 3.92. The second-order valence-electron chi connectivity index (χ2n) is 10.2. The van der Waals surface area contributed by atoms with Gasteiger partial charge in [-0.15, -0.1) is 0 Å². The second-order valence-corrected chi connectivity index (χ2v) is 10.2. The molecule has 2 saturated heterocycles. The van der Waals surface area contributed by atoms with Gasteiger partial charge in [0.15, 0.2) is 17.0 Å². The molecule has 1 aromatic carbocycles. The van der Waals surface area contributed by atoms with E-state index in [2.05, 4.69) is 39.7 Å². The smallest absolute Gasteiger partial charge is 0.254 e. The van der Waals surface area contributed by atoms with Gasteiger partial charge in [-0.05, 0) is 38.3 Å². The van der Waals surface area contributed by atoms with Crippen LogP contribution in [0.15, 0.2) is 48.9 Å². The number of imidazole rings is 1. The Morgan fingerprint density at radius 1 is 0.974 bits per heavy atom. The minimum Gasteiger partial charge on any atom is -0.378 e. The van der Waals surface area contributed by atoms with Crippen molar-refractivity contribution in [2.24, 2.45) is 7.05 Å². The van der Waals surface area contributed by atoms with Gasteiger partial charge in [0.2, 0.25) is 0 Å².